The highest BCUT2D eigenvalue weighted by atomic mass is 35.5. The SMILES string of the molecule is COc1cc(OC)c2c(=O)cc(-c3ccc(F)cc3Cl)oc2c1[C@H]1CCN(C)C[C@H]1O. The average Bonchev–Trinajstić information content (AvgIpc) is 2.73. The standard InChI is InChI=1S/C23H23ClFNO5/c1-26-7-6-14(17(28)11-26)21-19(29-2)10-20(30-3)22-16(27)9-18(31-23(21)22)13-5-4-12(25)8-15(13)24/h4-5,8-10,14,17,28H,6-7,11H2,1-3H3/t14-,17+/m0/s1. The molecule has 6 nitrogen and oxygen atoms in total. The summed E-state index contributed by atoms with van der Waals surface area (Å²) >= 11 is 6.22. The number of likely N-dealkylation sites (tertiary alicyclic amines) is 1. The number of halogens is 2. The fourth-order valence-electron chi connectivity index (χ4n) is 4.23. The van der Waals surface area contributed by atoms with E-state index in [0.717, 1.165) is 12.6 Å². The molecule has 0 spiro atoms. The van der Waals surface area contributed by atoms with Crippen molar-refractivity contribution >= 4 is 22.6 Å². The third kappa shape index (κ3) is 3.89. The Kier molecular flexibility index (Phi) is 5.92. The highest BCUT2D eigenvalue weighted by Gasteiger charge is 2.33. The molecule has 2 atom stereocenters. The predicted octanol–water partition coefficient (Wildman–Crippen LogP) is 4.05. The van der Waals surface area contributed by atoms with Crippen molar-refractivity contribution in [2.45, 2.75) is 18.4 Å². The van der Waals surface area contributed by atoms with Gasteiger partial charge in [-0.2, -0.15) is 0 Å². The van der Waals surface area contributed by atoms with Gasteiger partial charge in [0, 0.05) is 35.7 Å². The number of aliphatic hydroxyl groups excluding tert-OH is 1. The van der Waals surface area contributed by atoms with Crippen LogP contribution in [0, 0.1) is 5.82 Å². The monoisotopic (exact) mass is 447 g/mol. The molecule has 1 fully saturated rings. The number of piperidine rings is 1. The quantitative estimate of drug-likeness (QED) is 0.650. The van der Waals surface area contributed by atoms with Crippen LogP contribution in [0.1, 0.15) is 17.9 Å². The molecule has 0 amide bonds. The maximum atomic E-state index is 13.5. The van der Waals surface area contributed by atoms with Crippen LogP contribution in [-0.4, -0.2) is 50.5 Å². The number of hydrogen-bond donors (Lipinski definition) is 1. The lowest BCUT2D eigenvalue weighted by atomic mass is 9.85. The number of rotatable bonds is 4. The number of ether oxygens (including phenoxy) is 2. The Labute approximate surface area is 183 Å². The van der Waals surface area contributed by atoms with Crippen molar-refractivity contribution < 1.29 is 23.4 Å². The van der Waals surface area contributed by atoms with Gasteiger partial charge in [0.25, 0.3) is 0 Å². The van der Waals surface area contributed by atoms with E-state index in [1.54, 1.807) is 6.07 Å². The Morgan fingerprint density at radius 3 is 2.58 bits per heavy atom. The minimum atomic E-state index is -0.674. The Morgan fingerprint density at radius 1 is 1.19 bits per heavy atom. The lowest BCUT2D eigenvalue weighted by molar-refractivity contribution is 0.0630. The molecule has 0 unspecified atom stereocenters. The molecule has 1 aliphatic heterocycles. The minimum Gasteiger partial charge on any atom is -0.496 e. The van der Waals surface area contributed by atoms with Crippen molar-refractivity contribution in [1.29, 1.82) is 0 Å². The number of likely N-dealkylation sites (N-methyl/N-ethyl adjacent to an activating group) is 1. The second kappa shape index (κ2) is 8.49. The molecule has 8 heteroatoms. The van der Waals surface area contributed by atoms with E-state index in [1.807, 2.05) is 11.9 Å². The van der Waals surface area contributed by atoms with Crippen LogP contribution in [-0.2, 0) is 0 Å². The summed E-state index contributed by atoms with van der Waals surface area (Å²) in [6.45, 7) is 1.25. The van der Waals surface area contributed by atoms with Crippen molar-refractivity contribution in [1.82, 2.24) is 4.90 Å². The van der Waals surface area contributed by atoms with Gasteiger partial charge in [-0.05, 0) is 38.2 Å². The summed E-state index contributed by atoms with van der Waals surface area (Å²) in [5.41, 5.74) is 0.933. The van der Waals surface area contributed by atoms with Crippen molar-refractivity contribution in [3.8, 4) is 22.8 Å². The van der Waals surface area contributed by atoms with E-state index in [9.17, 15) is 14.3 Å². The van der Waals surface area contributed by atoms with Crippen molar-refractivity contribution in [2.24, 2.45) is 0 Å². The maximum absolute atomic E-state index is 13.5. The molecular formula is C23H23ClFNO5. The molecule has 2 aromatic carbocycles. The Balaban J connectivity index is 2.03. The molecule has 3 aromatic rings. The van der Waals surface area contributed by atoms with Gasteiger partial charge in [0.15, 0.2) is 5.43 Å². The summed E-state index contributed by atoms with van der Waals surface area (Å²) in [6.07, 6.45) is -0.0200. The largest absolute Gasteiger partial charge is 0.496 e. The van der Waals surface area contributed by atoms with Gasteiger partial charge < -0.3 is 23.9 Å². The second-order valence-electron chi connectivity index (χ2n) is 7.72. The van der Waals surface area contributed by atoms with Crippen LogP contribution in [0.2, 0.25) is 5.02 Å². The van der Waals surface area contributed by atoms with Gasteiger partial charge in [-0.1, -0.05) is 11.6 Å². The first-order chi connectivity index (χ1) is 14.8. The predicted molar refractivity (Wildman–Crippen MR) is 117 cm³/mol. The first-order valence-electron chi connectivity index (χ1n) is 9.88. The number of aliphatic hydroxyl groups is 1. The summed E-state index contributed by atoms with van der Waals surface area (Å²) in [7, 11) is 4.92. The second-order valence-corrected chi connectivity index (χ2v) is 8.13. The molecule has 2 heterocycles. The fraction of sp³-hybridized carbons (Fsp3) is 0.348. The zero-order valence-electron chi connectivity index (χ0n) is 17.4. The van der Waals surface area contributed by atoms with Crippen LogP contribution in [0.15, 0.2) is 39.5 Å². The number of hydrogen-bond acceptors (Lipinski definition) is 6. The van der Waals surface area contributed by atoms with E-state index in [1.165, 1.54) is 32.4 Å². The highest BCUT2D eigenvalue weighted by molar-refractivity contribution is 6.33. The lowest BCUT2D eigenvalue weighted by Gasteiger charge is -2.34. The number of methoxy groups -OCH3 is 2. The van der Waals surface area contributed by atoms with Gasteiger partial charge in [-0.25, -0.2) is 4.39 Å². The summed E-state index contributed by atoms with van der Waals surface area (Å²) in [5.74, 6) is 0.172. The van der Waals surface area contributed by atoms with Gasteiger partial charge >= 0.3 is 0 Å². The molecule has 4 rings (SSSR count). The summed E-state index contributed by atoms with van der Waals surface area (Å²) in [6, 6.07) is 6.83. The molecule has 0 radical (unpaired) electrons. The highest BCUT2D eigenvalue weighted by Crippen LogP contribution is 2.43. The van der Waals surface area contributed by atoms with Crippen LogP contribution in [0.4, 0.5) is 4.39 Å². The molecule has 0 saturated carbocycles. The van der Waals surface area contributed by atoms with Crippen LogP contribution in [0.25, 0.3) is 22.3 Å². The van der Waals surface area contributed by atoms with E-state index in [2.05, 4.69) is 0 Å². The smallest absolute Gasteiger partial charge is 0.197 e. The summed E-state index contributed by atoms with van der Waals surface area (Å²) in [4.78, 5) is 15.2. The average molecular weight is 448 g/mol. The fourth-order valence-corrected chi connectivity index (χ4v) is 4.49. The third-order valence-electron chi connectivity index (χ3n) is 5.76. The van der Waals surface area contributed by atoms with Crippen LogP contribution in [0.5, 0.6) is 11.5 Å². The van der Waals surface area contributed by atoms with E-state index >= 15 is 0 Å². The van der Waals surface area contributed by atoms with Gasteiger partial charge in [-0.3, -0.25) is 4.79 Å². The summed E-state index contributed by atoms with van der Waals surface area (Å²) < 4.78 is 30.8. The van der Waals surface area contributed by atoms with Gasteiger partial charge in [0.2, 0.25) is 0 Å². The van der Waals surface area contributed by atoms with Crippen LogP contribution < -0.4 is 14.9 Å². The van der Waals surface area contributed by atoms with Crippen molar-refractivity contribution in [3.05, 3.63) is 57.0 Å². The Bertz CT molecular complexity index is 1190. The van der Waals surface area contributed by atoms with Crippen LogP contribution >= 0.6 is 11.6 Å². The zero-order valence-corrected chi connectivity index (χ0v) is 18.2. The van der Waals surface area contributed by atoms with E-state index < -0.39 is 11.9 Å². The first kappa shape index (κ1) is 21.6. The Morgan fingerprint density at radius 2 is 1.94 bits per heavy atom. The van der Waals surface area contributed by atoms with E-state index in [0.29, 0.717) is 35.6 Å². The number of benzene rings is 2. The van der Waals surface area contributed by atoms with Crippen molar-refractivity contribution in [2.75, 3.05) is 34.4 Å². The lowest BCUT2D eigenvalue weighted by Crippen LogP contribution is -2.40. The molecular weight excluding hydrogens is 425 g/mol. The Hall–Kier alpha value is -2.61. The van der Waals surface area contributed by atoms with Gasteiger partial charge in [0.05, 0.1) is 25.3 Å². The molecule has 0 bridgehead atoms. The molecule has 1 aromatic heterocycles. The molecule has 1 aliphatic rings. The summed E-state index contributed by atoms with van der Waals surface area (Å²) in [5, 5.41) is 11.2. The van der Waals surface area contributed by atoms with Gasteiger partial charge in [-0.15, -0.1) is 0 Å². The van der Waals surface area contributed by atoms with E-state index in [-0.39, 0.29) is 33.1 Å². The molecule has 1 N–H and O–H groups in total. The zero-order chi connectivity index (χ0) is 22.3. The maximum Gasteiger partial charge on any atom is 0.197 e. The number of nitrogens with zero attached hydrogens (tertiary/aromatic N) is 1. The van der Waals surface area contributed by atoms with Crippen LogP contribution in [0.3, 0.4) is 0 Å². The van der Waals surface area contributed by atoms with E-state index in [4.69, 9.17) is 25.5 Å². The molecule has 31 heavy (non-hydrogen) atoms. The topological polar surface area (TPSA) is 72.1 Å². The molecule has 164 valence electrons. The third-order valence-corrected chi connectivity index (χ3v) is 6.07. The first-order valence-corrected chi connectivity index (χ1v) is 10.3. The number of fused-ring (bicyclic) bond motifs is 1. The van der Waals surface area contributed by atoms with Gasteiger partial charge in [0.1, 0.15) is 34.0 Å². The molecule has 1 saturated heterocycles. The molecule has 0 aliphatic carbocycles. The number of β-amino-alcohol motifs (C(OH)–C–C–N with tert-alkyl or cyclic N) is 1. The normalized spacial score (nSPS) is 19.5. The van der Waals surface area contributed by atoms with Crippen molar-refractivity contribution in [3.63, 3.8) is 0 Å². The minimum absolute atomic E-state index is 0.123.